The lowest BCUT2D eigenvalue weighted by Gasteiger charge is -2.46. The van der Waals surface area contributed by atoms with Gasteiger partial charge in [-0.3, -0.25) is 4.90 Å². The summed E-state index contributed by atoms with van der Waals surface area (Å²) >= 11 is 0. The Bertz CT molecular complexity index is 146. The number of hydrogen-bond donors (Lipinski definition) is 1. The number of nitrogens with zero attached hydrogens (tertiary/aromatic N) is 1. The lowest BCUT2D eigenvalue weighted by Crippen LogP contribution is -2.51. The Hall–Kier alpha value is -0.0800. The van der Waals surface area contributed by atoms with E-state index in [2.05, 4.69) is 11.8 Å². The smallest absolute Gasteiger partial charge is 0.0139 e. The fraction of sp³-hybridized carbons (Fsp3) is 1.00. The Morgan fingerprint density at radius 3 is 2.42 bits per heavy atom. The molecule has 2 aliphatic heterocycles. The van der Waals surface area contributed by atoms with E-state index < -0.39 is 0 Å². The summed E-state index contributed by atoms with van der Waals surface area (Å²) in [5.74, 6) is 0.994. The van der Waals surface area contributed by atoms with Crippen LogP contribution in [0.2, 0.25) is 0 Å². The summed E-state index contributed by atoms with van der Waals surface area (Å²) in [6.07, 6.45) is 5.80. The minimum absolute atomic E-state index is 0.351. The van der Waals surface area contributed by atoms with Gasteiger partial charge in [-0.15, -0.1) is 0 Å². The zero-order chi connectivity index (χ0) is 8.55. The molecule has 2 heterocycles. The van der Waals surface area contributed by atoms with Crippen molar-refractivity contribution in [2.45, 2.75) is 44.7 Å². The van der Waals surface area contributed by atoms with Crippen LogP contribution in [-0.2, 0) is 0 Å². The molecule has 0 amide bonds. The molecule has 0 radical (unpaired) electrons. The summed E-state index contributed by atoms with van der Waals surface area (Å²) in [4.78, 5) is 2.61. The van der Waals surface area contributed by atoms with Gasteiger partial charge in [0.1, 0.15) is 0 Å². The van der Waals surface area contributed by atoms with E-state index in [-0.39, 0.29) is 0 Å². The van der Waals surface area contributed by atoms with Crippen LogP contribution >= 0.6 is 0 Å². The van der Waals surface area contributed by atoms with Crippen LogP contribution in [0.5, 0.6) is 0 Å². The molecule has 1 aliphatic carbocycles. The number of piperidine rings is 2. The molecule has 2 N–H and O–H groups in total. The third-order valence-corrected chi connectivity index (χ3v) is 3.35. The normalized spacial score (nSPS) is 38.5. The molecule has 1 saturated carbocycles. The first-order valence-corrected chi connectivity index (χ1v) is 5.25. The second-order valence-corrected chi connectivity index (χ2v) is 4.61. The molecule has 2 saturated heterocycles. The number of fused-ring (bicyclic) bond motifs is 3. The highest BCUT2D eigenvalue weighted by atomic mass is 15.2. The van der Waals surface area contributed by atoms with E-state index in [0.29, 0.717) is 6.04 Å². The average Bonchev–Trinajstić information content (AvgIpc) is 2.05. The van der Waals surface area contributed by atoms with Gasteiger partial charge in [0.25, 0.3) is 0 Å². The average molecular weight is 168 g/mol. The Morgan fingerprint density at radius 1 is 1.33 bits per heavy atom. The Kier molecular flexibility index (Phi) is 2.37. The molecule has 3 aliphatic rings. The lowest BCUT2D eigenvalue weighted by atomic mass is 9.80. The third kappa shape index (κ3) is 1.64. The van der Waals surface area contributed by atoms with Gasteiger partial charge < -0.3 is 5.73 Å². The molecule has 0 aromatic heterocycles. The quantitative estimate of drug-likeness (QED) is 0.671. The maximum atomic E-state index is 5.81. The van der Waals surface area contributed by atoms with Crippen molar-refractivity contribution in [2.75, 3.05) is 13.1 Å². The minimum Gasteiger partial charge on any atom is -0.327 e. The topological polar surface area (TPSA) is 29.3 Å². The fourth-order valence-electron chi connectivity index (χ4n) is 2.77. The van der Waals surface area contributed by atoms with Crippen molar-refractivity contribution in [3.63, 3.8) is 0 Å². The van der Waals surface area contributed by atoms with Gasteiger partial charge in [-0.2, -0.15) is 0 Å². The van der Waals surface area contributed by atoms with Crippen molar-refractivity contribution in [1.82, 2.24) is 4.90 Å². The zero-order valence-electron chi connectivity index (χ0n) is 8.00. The molecule has 0 aromatic carbocycles. The maximum absolute atomic E-state index is 5.81. The molecule has 2 nitrogen and oxygen atoms in total. The molecular weight excluding hydrogens is 148 g/mol. The third-order valence-electron chi connectivity index (χ3n) is 3.35. The Morgan fingerprint density at radius 2 is 2.00 bits per heavy atom. The van der Waals surface area contributed by atoms with Gasteiger partial charge in [-0.05, 0) is 38.5 Å². The summed E-state index contributed by atoms with van der Waals surface area (Å²) in [5, 5.41) is 0. The first kappa shape index (κ1) is 8.52. The van der Waals surface area contributed by atoms with Crippen molar-refractivity contribution in [3.8, 4) is 0 Å². The van der Waals surface area contributed by atoms with Crippen molar-refractivity contribution in [1.29, 1.82) is 0 Å². The highest BCUT2D eigenvalue weighted by Crippen LogP contribution is 2.34. The van der Waals surface area contributed by atoms with Gasteiger partial charge in [0.2, 0.25) is 0 Å². The summed E-state index contributed by atoms with van der Waals surface area (Å²) in [6.45, 7) is 4.55. The minimum atomic E-state index is 0.351. The lowest BCUT2D eigenvalue weighted by molar-refractivity contribution is 0.0457. The predicted molar refractivity (Wildman–Crippen MR) is 51.0 cm³/mol. The monoisotopic (exact) mass is 168 g/mol. The molecule has 1 atom stereocenters. The molecule has 70 valence electrons. The summed E-state index contributed by atoms with van der Waals surface area (Å²) < 4.78 is 0. The number of nitrogens with two attached hydrogens (primary N) is 1. The van der Waals surface area contributed by atoms with E-state index in [4.69, 9.17) is 5.73 Å². The summed E-state index contributed by atoms with van der Waals surface area (Å²) in [5.41, 5.74) is 5.81. The van der Waals surface area contributed by atoms with E-state index in [1.54, 1.807) is 0 Å². The van der Waals surface area contributed by atoms with Crippen molar-refractivity contribution >= 4 is 0 Å². The largest absolute Gasteiger partial charge is 0.327 e. The molecule has 12 heavy (non-hydrogen) atoms. The molecule has 2 heteroatoms. The van der Waals surface area contributed by atoms with Crippen LogP contribution in [0, 0.1) is 5.92 Å². The highest BCUT2D eigenvalue weighted by molar-refractivity contribution is 4.88. The van der Waals surface area contributed by atoms with E-state index in [1.165, 1.54) is 32.2 Å². The van der Waals surface area contributed by atoms with E-state index in [1.807, 2.05) is 0 Å². The van der Waals surface area contributed by atoms with E-state index >= 15 is 0 Å². The predicted octanol–water partition coefficient (Wildman–Crippen LogP) is 1.21. The van der Waals surface area contributed by atoms with Crippen LogP contribution in [0.25, 0.3) is 0 Å². The van der Waals surface area contributed by atoms with Gasteiger partial charge in [0, 0.05) is 25.2 Å². The molecular formula is C10H20N2. The van der Waals surface area contributed by atoms with Gasteiger partial charge in [-0.25, -0.2) is 0 Å². The summed E-state index contributed by atoms with van der Waals surface area (Å²) in [7, 11) is 0. The Labute approximate surface area is 75.1 Å². The van der Waals surface area contributed by atoms with Crippen LogP contribution in [0.15, 0.2) is 0 Å². The summed E-state index contributed by atoms with van der Waals surface area (Å²) in [6, 6.07) is 1.23. The number of hydrogen-bond acceptors (Lipinski definition) is 2. The fourth-order valence-corrected chi connectivity index (χ4v) is 2.77. The molecule has 3 rings (SSSR count). The molecule has 2 bridgehead atoms. The standard InChI is InChI=1S/C10H20N2/c1-8(11)6-12-7-9-2-4-10(12)5-3-9/h8-10H,2-7,11H2,1H3/t8-,9?,10?/m1/s1. The van der Waals surface area contributed by atoms with Crippen molar-refractivity contribution in [3.05, 3.63) is 0 Å². The van der Waals surface area contributed by atoms with Crippen LogP contribution < -0.4 is 5.73 Å². The Balaban J connectivity index is 1.91. The van der Waals surface area contributed by atoms with E-state index in [9.17, 15) is 0 Å². The van der Waals surface area contributed by atoms with Gasteiger partial charge in [-0.1, -0.05) is 0 Å². The van der Waals surface area contributed by atoms with Crippen LogP contribution in [0.3, 0.4) is 0 Å². The second kappa shape index (κ2) is 3.35. The first-order valence-electron chi connectivity index (χ1n) is 5.25. The highest BCUT2D eigenvalue weighted by Gasteiger charge is 2.33. The van der Waals surface area contributed by atoms with Gasteiger partial charge in [0.05, 0.1) is 0 Å². The maximum Gasteiger partial charge on any atom is 0.0139 e. The van der Waals surface area contributed by atoms with Gasteiger partial charge >= 0.3 is 0 Å². The molecule has 0 unspecified atom stereocenters. The van der Waals surface area contributed by atoms with Crippen LogP contribution in [0.4, 0.5) is 0 Å². The SMILES string of the molecule is C[C@@H](N)CN1CC2CCC1CC2. The van der Waals surface area contributed by atoms with E-state index in [0.717, 1.165) is 18.5 Å². The van der Waals surface area contributed by atoms with Crippen LogP contribution in [-0.4, -0.2) is 30.1 Å². The molecule has 3 fully saturated rings. The van der Waals surface area contributed by atoms with Crippen molar-refractivity contribution in [2.24, 2.45) is 11.7 Å². The zero-order valence-corrected chi connectivity index (χ0v) is 8.00. The first-order chi connectivity index (χ1) is 5.75. The number of rotatable bonds is 2. The van der Waals surface area contributed by atoms with Crippen molar-refractivity contribution < 1.29 is 0 Å². The molecule has 0 spiro atoms. The van der Waals surface area contributed by atoms with Gasteiger partial charge in [0.15, 0.2) is 0 Å². The second-order valence-electron chi connectivity index (χ2n) is 4.61. The van der Waals surface area contributed by atoms with Crippen LogP contribution in [0.1, 0.15) is 32.6 Å². The molecule has 0 aromatic rings.